The van der Waals surface area contributed by atoms with Crippen LogP contribution < -0.4 is 4.74 Å². The van der Waals surface area contributed by atoms with Crippen molar-refractivity contribution in [1.82, 2.24) is 20.1 Å². The van der Waals surface area contributed by atoms with Gasteiger partial charge in [0.05, 0.1) is 6.10 Å². The van der Waals surface area contributed by atoms with E-state index in [0.717, 1.165) is 6.54 Å². The summed E-state index contributed by atoms with van der Waals surface area (Å²) in [5.74, 6) is 0.156. The van der Waals surface area contributed by atoms with E-state index in [0.29, 0.717) is 6.54 Å². The van der Waals surface area contributed by atoms with Crippen LogP contribution in [0, 0.1) is 0 Å². The molecule has 1 saturated heterocycles. The minimum atomic E-state index is -4.45. The van der Waals surface area contributed by atoms with Crippen molar-refractivity contribution in [3.8, 4) is 17.3 Å². The lowest BCUT2D eigenvalue weighted by atomic mass is 10.2. The summed E-state index contributed by atoms with van der Waals surface area (Å²) < 4.78 is 53.3. The molecule has 25 heavy (non-hydrogen) atoms. The number of halogens is 3. The lowest BCUT2D eigenvalue weighted by molar-refractivity contribution is -0.153. The molecular weight excluding hydrogens is 341 g/mol. The number of alkyl halides is 3. The summed E-state index contributed by atoms with van der Waals surface area (Å²) in [5, 5.41) is 7.83. The topological polar surface area (TPSA) is 73.5 Å². The molecule has 136 valence electrons. The van der Waals surface area contributed by atoms with Gasteiger partial charge in [-0.3, -0.25) is 0 Å². The summed E-state index contributed by atoms with van der Waals surface area (Å²) in [6.07, 6.45) is -3.45. The highest BCUT2D eigenvalue weighted by molar-refractivity contribution is 5.56. The Hall–Kier alpha value is -2.20. The molecular formula is C15H17F3N4O3. The first-order valence-corrected chi connectivity index (χ1v) is 7.64. The normalized spacial score (nSPS) is 22.1. The predicted octanol–water partition coefficient (Wildman–Crippen LogP) is 2.46. The summed E-state index contributed by atoms with van der Waals surface area (Å²) in [6.45, 7) is 1.86. The molecule has 0 amide bonds. The van der Waals surface area contributed by atoms with E-state index in [1.54, 1.807) is 0 Å². The van der Waals surface area contributed by atoms with Crippen LogP contribution in [0.5, 0.6) is 5.75 Å². The summed E-state index contributed by atoms with van der Waals surface area (Å²) in [6, 6.07) is 2.83. The molecule has 10 heteroatoms. The zero-order valence-corrected chi connectivity index (χ0v) is 13.7. The molecule has 2 aromatic heterocycles. The Kier molecular flexibility index (Phi) is 4.91. The lowest BCUT2D eigenvalue weighted by Crippen LogP contribution is -2.40. The number of ether oxygens (including phenoxy) is 2. The van der Waals surface area contributed by atoms with Gasteiger partial charge in [-0.1, -0.05) is 0 Å². The number of hydrogen-bond acceptors (Lipinski definition) is 7. The van der Waals surface area contributed by atoms with Gasteiger partial charge in [0.2, 0.25) is 5.89 Å². The fourth-order valence-electron chi connectivity index (χ4n) is 2.59. The van der Waals surface area contributed by atoms with Crippen molar-refractivity contribution >= 4 is 0 Å². The molecule has 0 bridgehead atoms. The molecule has 0 unspecified atom stereocenters. The van der Waals surface area contributed by atoms with Gasteiger partial charge in [0.15, 0.2) is 18.1 Å². The van der Waals surface area contributed by atoms with Crippen LogP contribution in [0.15, 0.2) is 22.7 Å². The van der Waals surface area contributed by atoms with E-state index < -0.39 is 18.9 Å². The van der Waals surface area contributed by atoms with Crippen molar-refractivity contribution in [3.05, 3.63) is 24.2 Å². The standard InChI is InChI=1S/C15H17F3N4O3/c1-9-6-22(2)7-11(24-9)13-20-21-14(25-13)12-10(4-3-5-19-12)23-8-15(16,17)18/h3-5,9,11H,6-8H2,1-2H3/t9-,11-/m1/s1. The largest absolute Gasteiger partial charge is 0.482 e. The molecule has 1 fully saturated rings. The average molecular weight is 358 g/mol. The Balaban J connectivity index is 1.80. The molecule has 0 radical (unpaired) electrons. The molecule has 2 atom stereocenters. The van der Waals surface area contributed by atoms with Crippen LogP contribution in [0.2, 0.25) is 0 Å². The number of likely N-dealkylation sites (N-methyl/N-ethyl adjacent to an activating group) is 1. The van der Waals surface area contributed by atoms with E-state index in [1.165, 1.54) is 18.3 Å². The maximum atomic E-state index is 12.4. The summed E-state index contributed by atoms with van der Waals surface area (Å²) in [7, 11) is 1.95. The Morgan fingerprint density at radius 2 is 2.12 bits per heavy atom. The second-order valence-electron chi connectivity index (χ2n) is 5.86. The highest BCUT2D eigenvalue weighted by Gasteiger charge is 2.31. The van der Waals surface area contributed by atoms with E-state index in [9.17, 15) is 13.2 Å². The van der Waals surface area contributed by atoms with Crippen LogP contribution in [0.3, 0.4) is 0 Å². The Morgan fingerprint density at radius 3 is 2.84 bits per heavy atom. The van der Waals surface area contributed by atoms with Crippen molar-refractivity contribution < 1.29 is 27.1 Å². The average Bonchev–Trinajstić information content (AvgIpc) is 3.01. The minimum Gasteiger partial charge on any atom is -0.482 e. The monoisotopic (exact) mass is 358 g/mol. The summed E-state index contributed by atoms with van der Waals surface area (Å²) in [4.78, 5) is 6.07. The van der Waals surface area contributed by atoms with Crippen LogP contribution in [-0.2, 0) is 4.74 Å². The van der Waals surface area contributed by atoms with Crippen LogP contribution in [0.4, 0.5) is 13.2 Å². The van der Waals surface area contributed by atoms with Crippen molar-refractivity contribution in [3.63, 3.8) is 0 Å². The Labute approximate surface area is 141 Å². The second-order valence-corrected chi connectivity index (χ2v) is 5.86. The van der Waals surface area contributed by atoms with Crippen molar-refractivity contribution in [1.29, 1.82) is 0 Å². The molecule has 3 heterocycles. The lowest BCUT2D eigenvalue weighted by Gasteiger charge is -2.32. The quantitative estimate of drug-likeness (QED) is 0.831. The third-order valence-electron chi connectivity index (χ3n) is 3.52. The zero-order chi connectivity index (χ0) is 18.0. The molecule has 0 saturated carbocycles. The van der Waals surface area contributed by atoms with Crippen LogP contribution in [0.1, 0.15) is 18.9 Å². The summed E-state index contributed by atoms with van der Waals surface area (Å²) >= 11 is 0. The smallest absolute Gasteiger partial charge is 0.422 e. The molecule has 0 spiro atoms. The van der Waals surface area contributed by atoms with Crippen molar-refractivity contribution in [2.75, 3.05) is 26.7 Å². The van der Waals surface area contributed by atoms with Crippen LogP contribution >= 0.6 is 0 Å². The van der Waals surface area contributed by atoms with E-state index in [2.05, 4.69) is 20.1 Å². The molecule has 7 nitrogen and oxygen atoms in total. The van der Waals surface area contributed by atoms with E-state index >= 15 is 0 Å². The van der Waals surface area contributed by atoms with Gasteiger partial charge in [0.25, 0.3) is 5.89 Å². The highest BCUT2D eigenvalue weighted by atomic mass is 19.4. The molecule has 1 aliphatic heterocycles. The molecule has 0 aromatic carbocycles. The number of rotatable bonds is 4. The van der Waals surface area contributed by atoms with E-state index in [-0.39, 0.29) is 29.3 Å². The van der Waals surface area contributed by atoms with Crippen LogP contribution in [0.25, 0.3) is 11.6 Å². The van der Waals surface area contributed by atoms with Gasteiger partial charge in [-0.15, -0.1) is 10.2 Å². The SMILES string of the molecule is C[C@@H]1CN(C)C[C@H](c2nnc(-c3ncccc3OCC(F)(F)F)o2)O1. The number of aromatic nitrogens is 3. The minimum absolute atomic E-state index is 0.000342. The number of nitrogens with zero attached hydrogens (tertiary/aromatic N) is 4. The molecule has 3 rings (SSSR count). The van der Waals surface area contributed by atoms with E-state index in [1.807, 2.05) is 14.0 Å². The zero-order valence-electron chi connectivity index (χ0n) is 13.7. The third-order valence-corrected chi connectivity index (χ3v) is 3.52. The van der Waals surface area contributed by atoms with Gasteiger partial charge in [-0.25, -0.2) is 4.98 Å². The maximum Gasteiger partial charge on any atom is 0.422 e. The Morgan fingerprint density at radius 1 is 1.32 bits per heavy atom. The van der Waals surface area contributed by atoms with Gasteiger partial charge in [-0.2, -0.15) is 13.2 Å². The number of hydrogen-bond donors (Lipinski definition) is 0. The number of morpholine rings is 1. The van der Waals surface area contributed by atoms with E-state index in [4.69, 9.17) is 13.9 Å². The highest BCUT2D eigenvalue weighted by Crippen LogP contribution is 2.31. The fraction of sp³-hybridized carbons (Fsp3) is 0.533. The second kappa shape index (κ2) is 6.96. The van der Waals surface area contributed by atoms with Crippen molar-refractivity contribution in [2.24, 2.45) is 0 Å². The first-order chi connectivity index (χ1) is 11.8. The van der Waals surface area contributed by atoms with Gasteiger partial charge in [0.1, 0.15) is 6.10 Å². The predicted molar refractivity (Wildman–Crippen MR) is 79.9 cm³/mol. The van der Waals surface area contributed by atoms with Gasteiger partial charge in [0, 0.05) is 19.3 Å². The van der Waals surface area contributed by atoms with Gasteiger partial charge in [-0.05, 0) is 26.1 Å². The maximum absolute atomic E-state index is 12.4. The van der Waals surface area contributed by atoms with Gasteiger partial charge < -0.3 is 18.8 Å². The van der Waals surface area contributed by atoms with Gasteiger partial charge >= 0.3 is 6.18 Å². The molecule has 0 N–H and O–H groups in total. The molecule has 1 aliphatic rings. The fourth-order valence-corrected chi connectivity index (χ4v) is 2.59. The van der Waals surface area contributed by atoms with Crippen LogP contribution in [-0.4, -0.2) is 59.1 Å². The molecule has 2 aromatic rings. The molecule has 0 aliphatic carbocycles. The first-order valence-electron chi connectivity index (χ1n) is 7.64. The van der Waals surface area contributed by atoms with Crippen molar-refractivity contribution in [2.45, 2.75) is 25.3 Å². The first kappa shape index (κ1) is 17.6. The number of pyridine rings is 1. The Bertz CT molecular complexity index is 712. The third kappa shape index (κ3) is 4.45. The summed E-state index contributed by atoms with van der Waals surface area (Å²) in [5.41, 5.74) is 0.0581.